The molecule has 39 heavy (non-hydrogen) atoms. The fourth-order valence-corrected chi connectivity index (χ4v) is 7.37. The van der Waals surface area contributed by atoms with Crippen LogP contribution in [0.2, 0.25) is 6.04 Å². The van der Waals surface area contributed by atoms with Gasteiger partial charge in [-0.05, 0) is 12.5 Å². The molecule has 0 aliphatic rings. The quantitative estimate of drug-likeness (QED) is 0.0235. The number of unbranched alkanes of at least 4 members (excludes halogenated alkanes) is 29. The van der Waals surface area contributed by atoms with Crippen molar-refractivity contribution in [2.45, 2.75) is 199 Å². The maximum Gasteiger partial charge on any atom is 0.341 e. The van der Waals surface area contributed by atoms with E-state index in [2.05, 4.69) is 4.99 Å². The van der Waals surface area contributed by atoms with Crippen molar-refractivity contribution in [2.75, 3.05) is 6.54 Å². The monoisotopic (exact) mass is 623 g/mol. The molecular formula is C33H64Cl3NOSi. The minimum Gasteiger partial charge on any atom is -0.211 e. The zero-order valence-electron chi connectivity index (χ0n) is 25.6. The number of rotatable bonds is 33. The van der Waals surface area contributed by atoms with Crippen LogP contribution in [0, 0.1) is 0 Å². The smallest absolute Gasteiger partial charge is 0.211 e. The van der Waals surface area contributed by atoms with Gasteiger partial charge < -0.3 is 0 Å². The normalized spacial score (nSPS) is 11.7. The molecule has 0 aromatic rings. The Morgan fingerprint density at radius 2 is 0.564 bits per heavy atom. The van der Waals surface area contributed by atoms with Crippen molar-refractivity contribution >= 4 is 45.3 Å². The van der Waals surface area contributed by atoms with Gasteiger partial charge in [-0.2, -0.15) is 0 Å². The van der Waals surface area contributed by atoms with E-state index in [-0.39, 0.29) is 0 Å². The van der Waals surface area contributed by atoms with Gasteiger partial charge >= 0.3 is 6.00 Å². The van der Waals surface area contributed by atoms with Crippen LogP contribution in [-0.2, 0) is 4.79 Å². The van der Waals surface area contributed by atoms with Gasteiger partial charge in [0.15, 0.2) is 0 Å². The minimum absolute atomic E-state index is 0.664. The van der Waals surface area contributed by atoms with Crippen LogP contribution in [0.1, 0.15) is 193 Å². The predicted molar refractivity (Wildman–Crippen MR) is 180 cm³/mol. The number of hydrogen-bond donors (Lipinski definition) is 0. The summed E-state index contributed by atoms with van der Waals surface area (Å²) in [4.78, 5) is 13.6. The molecule has 0 amide bonds. The molecule has 0 aromatic heterocycles. The lowest BCUT2D eigenvalue weighted by Crippen LogP contribution is -2.07. The molecule has 0 aliphatic carbocycles. The van der Waals surface area contributed by atoms with E-state index in [1.807, 2.05) is 0 Å². The molecule has 0 saturated carbocycles. The molecule has 0 N–H and O–H groups in total. The molecule has 0 heterocycles. The van der Waals surface area contributed by atoms with Crippen LogP contribution >= 0.6 is 33.2 Å². The molecule has 2 nitrogen and oxygen atoms in total. The summed E-state index contributed by atoms with van der Waals surface area (Å²) in [7, 11) is 0. The van der Waals surface area contributed by atoms with Crippen molar-refractivity contribution in [2.24, 2.45) is 4.99 Å². The highest BCUT2D eigenvalue weighted by Crippen LogP contribution is 2.27. The van der Waals surface area contributed by atoms with Crippen LogP contribution < -0.4 is 0 Å². The van der Waals surface area contributed by atoms with E-state index in [9.17, 15) is 4.79 Å². The van der Waals surface area contributed by atoms with Gasteiger partial charge in [0.25, 0.3) is 0 Å². The topological polar surface area (TPSA) is 29.4 Å². The molecule has 6 heteroatoms. The van der Waals surface area contributed by atoms with Crippen LogP contribution in [0.4, 0.5) is 0 Å². The fourth-order valence-electron chi connectivity index (χ4n) is 5.51. The Labute approximate surface area is 259 Å². The van der Waals surface area contributed by atoms with E-state index < -0.39 is 6.00 Å². The first-order valence-electron chi connectivity index (χ1n) is 17.2. The van der Waals surface area contributed by atoms with Crippen LogP contribution in [0.25, 0.3) is 0 Å². The van der Waals surface area contributed by atoms with Gasteiger partial charge in [0.1, 0.15) is 0 Å². The second-order valence-corrected chi connectivity index (χ2v) is 21.2. The van der Waals surface area contributed by atoms with E-state index in [1.54, 1.807) is 6.08 Å². The summed E-state index contributed by atoms with van der Waals surface area (Å²) in [6, 6.07) is -1.55. The minimum atomic E-state index is -2.37. The maximum absolute atomic E-state index is 9.99. The second-order valence-electron chi connectivity index (χ2n) is 11.9. The molecule has 0 spiro atoms. The fraction of sp³-hybridized carbons (Fsp3) is 0.970. The third-order valence-electron chi connectivity index (χ3n) is 8.04. The zero-order valence-corrected chi connectivity index (χ0v) is 28.9. The highest BCUT2D eigenvalue weighted by Gasteiger charge is 2.23. The lowest BCUT2D eigenvalue weighted by molar-refractivity contribution is 0.513. The third kappa shape index (κ3) is 38.5. The summed E-state index contributed by atoms with van der Waals surface area (Å²) >= 11 is 17.8. The zero-order chi connectivity index (χ0) is 28.5. The Morgan fingerprint density at radius 1 is 0.359 bits per heavy atom. The van der Waals surface area contributed by atoms with E-state index in [0.717, 1.165) is 18.9 Å². The molecule has 0 unspecified atom stereocenters. The summed E-state index contributed by atoms with van der Waals surface area (Å²) in [5.41, 5.74) is 0. The number of hydrogen-bond acceptors (Lipinski definition) is 2. The first-order valence-corrected chi connectivity index (χ1v) is 22.4. The average Bonchev–Trinajstić information content (AvgIpc) is 2.90. The van der Waals surface area contributed by atoms with Crippen molar-refractivity contribution < 1.29 is 4.79 Å². The molecule has 232 valence electrons. The van der Waals surface area contributed by atoms with Crippen LogP contribution in [0.3, 0.4) is 0 Å². The van der Waals surface area contributed by atoms with Crippen molar-refractivity contribution in [3.8, 4) is 0 Å². The highest BCUT2D eigenvalue weighted by molar-refractivity contribution is 7.64. The SMILES string of the molecule is O=C=NCCCCCCCCCCCCCCCCCCCCCCCCCCCCCCCC[Si](Cl)(Cl)Cl. The summed E-state index contributed by atoms with van der Waals surface area (Å²) in [6.07, 6.45) is 43.1. The van der Waals surface area contributed by atoms with E-state index in [0.29, 0.717) is 6.54 Å². The number of nitrogens with zero attached hydrogens (tertiary/aromatic N) is 1. The van der Waals surface area contributed by atoms with Crippen molar-refractivity contribution in [3.63, 3.8) is 0 Å². The molecule has 0 rings (SSSR count). The Bertz CT molecular complexity index is 524. The first kappa shape index (κ1) is 39.5. The average molecular weight is 625 g/mol. The highest BCUT2D eigenvalue weighted by atomic mass is 35.8. The van der Waals surface area contributed by atoms with E-state index >= 15 is 0 Å². The lowest BCUT2D eigenvalue weighted by atomic mass is 10.0. The molecule has 0 aromatic carbocycles. The summed E-state index contributed by atoms with van der Waals surface area (Å²) in [5, 5.41) is 0. The Balaban J connectivity index is 3.05. The molecule has 0 aliphatic heterocycles. The molecule has 0 bridgehead atoms. The van der Waals surface area contributed by atoms with E-state index in [4.69, 9.17) is 33.2 Å². The Hall–Kier alpha value is 0.467. The predicted octanol–water partition coefficient (Wildman–Crippen LogP) is 13.7. The van der Waals surface area contributed by atoms with Crippen LogP contribution in [-0.4, -0.2) is 18.6 Å². The third-order valence-corrected chi connectivity index (χ3v) is 10.7. The van der Waals surface area contributed by atoms with Gasteiger partial charge in [0.05, 0.1) is 6.54 Å². The second kappa shape index (κ2) is 33.0. The van der Waals surface area contributed by atoms with Gasteiger partial charge in [0, 0.05) is 0 Å². The number of aliphatic imine (C=N–C) groups is 1. The van der Waals surface area contributed by atoms with Crippen molar-refractivity contribution in [1.29, 1.82) is 0 Å². The van der Waals surface area contributed by atoms with Gasteiger partial charge in [0.2, 0.25) is 6.08 Å². The number of carbonyl (C=O) groups excluding carboxylic acids is 1. The number of isocyanates is 1. The van der Waals surface area contributed by atoms with Gasteiger partial charge in [-0.25, -0.2) is 9.79 Å². The molecule has 0 radical (unpaired) electrons. The van der Waals surface area contributed by atoms with Crippen molar-refractivity contribution in [1.82, 2.24) is 0 Å². The van der Waals surface area contributed by atoms with Crippen LogP contribution in [0.5, 0.6) is 0 Å². The first-order chi connectivity index (χ1) is 19.1. The largest absolute Gasteiger partial charge is 0.341 e. The maximum atomic E-state index is 9.99. The lowest BCUT2D eigenvalue weighted by Gasteiger charge is -2.07. The standard InChI is InChI=1S/C33H64Cl3NOSi/c34-39(35,36)32-30-28-26-24-22-20-18-16-14-12-10-8-6-4-2-1-3-5-7-9-11-13-15-17-19-21-23-25-27-29-31-37-33-38/h1-32H2. The van der Waals surface area contributed by atoms with Gasteiger partial charge in [-0.1, -0.05) is 186 Å². The van der Waals surface area contributed by atoms with Gasteiger partial charge in [-0.15, -0.1) is 33.2 Å². The van der Waals surface area contributed by atoms with Gasteiger partial charge in [-0.3, -0.25) is 0 Å². The number of halogens is 3. The Morgan fingerprint density at radius 3 is 0.769 bits per heavy atom. The summed E-state index contributed by atoms with van der Waals surface area (Å²) in [6.45, 7) is 0.664. The molecule has 0 fully saturated rings. The molecular weight excluding hydrogens is 561 g/mol. The Kier molecular flexibility index (Phi) is 33.4. The molecule has 0 atom stereocenters. The summed E-state index contributed by atoms with van der Waals surface area (Å²) in [5.74, 6) is 0. The summed E-state index contributed by atoms with van der Waals surface area (Å²) < 4.78 is 0. The van der Waals surface area contributed by atoms with Crippen molar-refractivity contribution in [3.05, 3.63) is 0 Å². The van der Waals surface area contributed by atoms with E-state index in [1.165, 1.54) is 180 Å². The molecule has 0 saturated heterocycles. The van der Waals surface area contributed by atoms with Crippen LogP contribution in [0.15, 0.2) is 4.99 Å².